The molecule has 3 N–H and O–H groups in total. The van der Waals surface area contributed by atoms with E-state index in [0.717, 1.165) is 28.1 Å². The maximum atomic E-state index is 12.4. The first-order valence-corrected chi connectivity index (χ1v) is 10.3. The van der Waals surface area contributed by atoms with Crippen LogP contribution in [0.1, 0.15) is 13.3 Å². The smallest absolute Gasteiger partial charge is 0.475 e. The van der Waals surface area contributed by atoms with Crippen molar-refractivity contribution in [3.8, 4) is 11.4 Å². The van der Waals surface area contributed by atoms with Crippen molar-refractivity contribution in [1.29, 1.82) is 0 Å². The number of carbonyl (C=O) groups excluding carboxylic acids is 2. The number of nitrogens with zero attached hydrogens (tertiary/aromatic N) is 2. The van der Waals surface area contributed by atoms with Crippen molar-refractivity contribution in [3.05, 3.63) is 48.5 Å². The molecule has 8 nitrogen and oxygen atoms in total. The summed E-state index contributed by atoms with van der Waals surface area (Å²) in [7, 11) is 2.00. The second-order valence-electron chi connectivity index (χ2n) is 7.86. The molecular weight excluding hydrogens is 453 g/mol. The Balaban J connectivity index is 0.000000406. The Hall–Kier alpha value is -3.73. The predicted octanol–water partition coefficient (Wildman–Crippen LogP) is 3.38. The fourth-order valence-corrected chi connectivity index (χ4v) is 3.58. The third kappa shape index (κ3) is 5.79. The molecular formula is C23H23F3N4O4. The van der Waals surface area contributed by atoms with Gasteiger partial charge in [-0.2, -0.15) is 13.2 Å². The summed E-state index contributed by atoms with van der Waals surface area (Å²) in [5, 5.41) is 13.2. The Kier molecular flexibility index (Phi) is 7.35. The summed E-state index contributed by atoms with van der Waals surface area (Å²) in [5.74, 6) is -1.91. The summed E-state index contributed by atoms with van der Waals surface area (Å²) in [6, 6.07) is 15.4. The summed E-state index contributed by atoms with van der Waals surface area (Å²) in [5.41, 5.74) is 3.76. The van der Waals surface area contributed by atoms with Crippen molar-refractivity contribution in [2.45, 2.75) is 25.6 Å². The molecule has 0 saturated carbocycles. The number of Topliss-reactive ketones (excluding diaryl/α,β-unsaturated/α-hetero) is 1. The number of fused-ring (bicyclic) bond motifs is 1. The topological polar surface area (TPSA) is 113 Å². The van der Waals surface area contributed by atoms with Crippen molar-refractivity contribution in [1.82, 2.24) is 14.9 Å². The molecule has 2 aromatic carbocycles. The number of hydrogen-bond acceptors (Lipinski definition) is 5. The number of anilines is 1. The normalized spacial score (nSPS) is 17.7. The Labute approximate surface area is 192 Å². The molecule has 1 aromatic heterocycles. The summed E-state index contributed by atoms with van der Waals surface area (Å²) in [4.78, 5) is 37.5. The SMILES string of the molecule is CC(=O)C1CNC(C(=O)Nc2ccc(-c3nc4ccccc4n3C)cc2)C1.O=C(O)C(F)(F)F. The van der Waals surface area contributed by atoms with Crippen LogP contribution in [0, 0.1) is 5.92 Å². The average Bonchev–Trinajstić information content (AvgIpc) is 3.40. The number of para-hydroxylation sites is 2. The van der Waals surface area contributed by atoms with Crippen molar-refractivity contribution >= 4 is 34.4 Å². The number of carbonyl (C=O) groups is 3. The maximum Gasteiger partial charge on any atom is 0.490 e. The minimum atomic E-state index is -5.08. The molecule has 180 valence electrons. The zero-order chi connectivity index (χ0) is 25.0. The minimum Gasteiger partial charge on any atom is -0.475 e. The summed E-state index contributed by atoms with van der Waals surface area (Å²) < 4.78 is 33.8. The zero-order valence-electron chi connectivity index (χ0n) is 18.4. The lowest BCUT2D eigenvalue weighted by Crippen LogP contribution is -2.35. The van der Waals surface area contributed by atoms with Gasteiger partial charge in [0.05, 0.1) is 17.1 Å². The Morgan fingerprint density at radius 3 is 2.26 bits per heavy atom. The number of alkyl halides is 3. The summed E-state index contributed by atoms with van der Waals surface area (Å²) in [6.07, 6.45) is -4.53. The molecule has 0 bridgehead atoms. The molecule has 4 rings (SSSR count). The van der Waals surface area contributed by atoms with Gasteiger partial charge in [0.1, 0.15) is 11.6 Å². The lowest BCUT2D eigenvalue weighted by atomic mass is 10.0. The van der Waals surface area contributed by atoms with Crippen LogP contribution in [-0.2, 0) is 21.4 Å². The van der Waals surface area contributed by atoms with Crippen LogP contribution in [0.3, 0.4) is 0 Å². The van der Waals surface area contributed by atoms with E-state index in [1.807, 2.05) is 55.6 Å². The number of carboxylic acids is 1. The first-order chi connectivity index (χ1) is 16.0. The van der Waals surface area contributed by atoms with E-state index in [1.54, 1.807) is 6.92 Å². The first-order valence-electron chi connectivity index (χ1n) is 10.3. The molecule has 1 fully saturated rings. The van der Waals surface area contributed by atoms with Crippen molar-refractivity contribution in [2.75, 3.05) is 11.9 Å². The Morgan fingerprint density at radius 2 is 1.74 bits per heavy atom. The minimum absolute atomic E-state index is 0.0688. The van der Waals surface area contributed by atoms with E-state index in [-0.39, 0.29) is 23.7 Å². The monoisotopic (exact) mass is 476 g/mol. The fourth-order valence-electron chi connectivity index (χ4n) is 3.58. The highest BCUT2D eigenvalue weighted by molar-refractivity contribution is 5.96. The lowest BCUT2D eigenvalue weighted by molar-refractivity contribution is -0.192. The standard InChI is InChI=1S/C21H22N4O2.C2HF3O2/c1-13(26)15-11-18(22-12-15)21(27)23-16-9-7-14(8-10-16)20-24-17-5-3-4-6-19(17)25(20)2;3-2(4,5)1(6)7/h3-10,15,18,22H,11-12H2,1-2H3,(H,23,27);(H,6,7). The van der Waals surface area contributed by atoms with E-state index in [0.29, 0.717) is 13.0 Å². The van der Waals surface area contributed by atoms with Gasteiger partial charge in [-0.05, 0) is 49.7 Å². The van der Waals surface area contributed by atoms with Crippen LogP contribution in [-0.4, -0.2) is 51.1 Å². The van der Waals surface area contributed by atoms with E-state index < -0.39 is 12.1 Å². The molecule has 0 aliphatic carbocycles. The molecule has 11 heteroatoms. The number of aliphatic carboxylic acids is 1. The Bertz CT molecular complexity index is 1210. The van der Waals surface area contributed by atoms with E-state index in [2.05, 4.69) is 15.2 Å². The van der Waals surface area contributed by atoms with Crippen LogP contribution >= 0.6 is 0 Å². The van der Waals surface area contributed by atoms with Crippen molar-refractivity contribution < 1.29 is 32.7 Å². The van der Waals surface area contributed by atoms with Crippen LogP contribution in [0.2, 0.25) is 0 Å². The molecule has 2 unspecified atom stereocenters. The van der Waals surface area contributed by atoms with Gasteiger partial charge in [0.25, 0.3) is 0 Å². The van der Waals surface area contributed by atoms with Crippen molar-refractivity contribution in [3.63, 3.8) is 0 Å². The highest BCUT2D eigenvalue weighted by Gasteiger charge is 2.38. The van der Waals surface area contributed by atoms with Gasteiger partial charge in [0, 0.05) is 30.8 Å². The summed E-state index contributed by atoms with van der Waals surface area (Å²) in [6.45, 7) is 2.14. The molecule has 1 saturated heterocycles. The number of amides is 1. The molecule has 1 aliphatic rings. The molecule has 3 aromatic rings. The third-order valence-electron chi connectivity index (χ3n) is 5.46. The molecule has 1 amide bonds. The first kappa shape index (κ1) is 24.9. The lowest BCUT2D eigenvalue weighted by Gasteiger charge is -2.12. The number of rotatable bonds is 4. The van der Waals surface area contributed by atoms with Crippen LogP contribution in [0.25, 0.3) is 22.4 Å². The van der Waals surface area contributed by atoms with Gasteiger partial charge >= 0.3 is 12.1 Å². The highest BCUT2D eigenvalue weighted by Crippen LogP contribution is 2.25. The number of aryl methyl sites for hydroxylation is 1. The number of carboxylic acid groups (broad SMARTS) is 1. The number of imidazole rings is 1. The van der Waals surface area contributed by atoms with Gasteiger partial charge in [-0.25, -0.2) is 9.78 Å². The van der Waals surface area contributed by atoms with Crippen LogP contribution < -0.4 is 10.6 Å². The van der Waals surface area contributed by atoms with E-state index in [1.165, 1.54) is 0 Å². The Morgan fingerprint density at radius 1 is 1.12 bits per heavy atom. The van der Waals surface area contributed by atoms with E-state index >= 15 is 0 Å². The van der Waals surface area contributed by atoms with E-state index in [9.17, 15) is 22.8 Å². The number of hydrogen-bond donors (Lipinski definition) is 3. The van der Waals surface area contributed by atoms with Crippen LogP contribution in [0.5, 0.6) is 0 Å². The fraction of sp³-hybridized carbons (Fsp3) is 0.304. The van der Waals surface area contributed by atoms with Crippen molar-refractivity contribution in [2.24, 2.45) is 13.0 Å². The molecule has 2 atom stereocenters. The molecule has 1 aliphatic heterocycles. The second-order valence-corrected chi connectivity index (χ2v) is 7.86. The molecule has 34 heavy (non-hydrogen) atoms. The second kappa shape index (κ2) is 10.0. The predicted molar refractivity (Wildman–Crippen MR) is 119 cm³/mol. The van der Waals surface area contributed by atoms with Crippen LogP contribution in [0.15, 0.2) is 48.5 Å². The van der Waals surface area contributed by atoms with Crippen LogP contribution in [0.4, 0.5) is 18.9 Å². The van der Waals surface area contributed by atoms with Gasteiger partial charge < -0.3 is 20.3 Å². The average molecular weight is 476 g/mol. The number of nitrogens with one attached hydrogen (secondary N) is 2. The van der Waals surface area contributed by atoms with Gasteiger partial charge in [-0.3, -0.25) is 9.59 Å². The number of ketones is 1. The van der Waals surface area contributed by atoms with Gasteiger partial charge in [0.15, 0.2) is 0 Å². The van der Waals surface area contributed by atoms with E-state index in [4.69, 9.17) is 14.9 Å². The van der Waals surface area contributed by atoms with Gasteiger partial charge in [0.2, 0.25) is 5.91 Å². The number of halogens is 3. The highest BCUT2D eigenvalue weighted by atomic mass is 19.4. The van der Waals surface area contributed by atoms with Gasteiger partial charge in [-0.15, -0.1) is 0 Å². The zero-order valence-corrected chi connectivity index (χ0v) is 18.4. The summed E-state index contributed by atoms with van der Waals surface area (Å²) >= 11 is 0. The maximum absolute atomic E-state index is 12.4. The number of benzene rings is 2. The molecule has 2 heterocycles. The quantitative estimate of drug-likeness (QED) is 0.532. The number of aromatic nitrogens is 2. The third-order valence-corrected chi connectivity index (χ3v) is 5.46. The molecule has 0 spiro atoms. The van der Waals surface area contributed by atoms with Gasteiger partial charge in [-0.1, -0.05) is 12.1 Å². The largest absolute Gasteiger partial charge is 0.490 e. The molecule has 0 radical (unpaired) electrons.